The minimum Gasteiger partial charge on any atom is -0.490 e. The Balaban J connectivity index is 2.81. The molecule has 12 heavy (non-hydrogen) atoms. The SMILES string of the molecule is NCCOc1c(Cl)cccc1Br. The molecule has 0 saturated heterocycles. The van der Waals surface area contributed by atoms with E-state index in [1.165, 1.54) is 0 Å². The predicted molar refractivity (Wildman–Crippen MR) is 53.7 cm³/mol. The van der Waals surface area contributed by atoms with Crippen LogP contribution in [0.15, 0.2) is 22.7 Å². The molecule has 4 heteroatoms. The Morgan fingerprint density at radius 1 is 1.50 bits per heavy atom. The van der Waals surface area contributed by atoms with E-state index in [9.17, 15) is 0 Å². The van der Waals surface area contributed by atoms with Crippen molar-refractivity contribution in [2.45, 2.75) is 0 Å². The summed E-state index contributed by atoms with van der Waals surface area (Å²) in [6.07, 6.45) is 0. The number of benzene rings is 1. The smallest absolute Gasteiger partial charge is 0.152 e. The molecule has 1 aromatic rings. The summed E-state index contributed by atoms with van der Waals surface area (Å²) in [5, 5.41) is 0.595. The van der Waals surface area contributed by atoms with Crippen molar-refractivity contribution in [3.05, 3.63) is 27.7 Å². The molecule has 0 aliphatic carbocycles. The third-order valence-corrected chi connectivity index (χ3v) is 2.21. The van der Waals surface area contributed by atoms with Crippen LogP contribution in [-0.2, 0) is 0 Å². The summed E-state index contributed by atoms with van der Waals surface area (Å²) in [4.78, 5) is 0. The molecule has 0 bridgehead atoms. The van der Waals surface area contributed by atoms with Gasteiger partial charge in [0.15, 0.2) is 5.75 Å². The van der Waals surface area contributed by atoms with Crippen LogP contribution in [0.3, 0.4) is 0 Å². The molecule has 0 atom stereocenters. The lowest BCUT2D eigenvalue weighted by atomic mass is 10.3. The fourth-order valence-corrected chi connectivity index (χ4v) is 1.61. The van der Waals surface area contributed by atoms with Crippen LogP contribution in [-0.4, -0.2) is 13.2 Å². The fraction of sp³-hybridized carbons (Fsp3) is 0.250. The Hall–Kier alpha value is -0.250. The molecule has 2 N–H and O–H groups in total. The van der Waals surface area contributed by atoms with Crippen LogP contribution in [0, 0.1) is 0 Å². The second-order valence-corrected chi connectivity index (χ2v) is 3.45. The maximum absolute atomic E-state index is 5.87. The number of halogens is 2. The summed E-state index contributed by atoms with van der Waals surface area (Å²) in [7, 11) is 0. The van der Waals surface area contributed by atoms with Gasteiger partial charge in [-0.3, -0.25) is 0 Å². The third-order valence-electron chi connectivity index (χ3n) is 1.28. The van der Waals surface area contributed by atoms with Gasteiger partial charge in [-0.15, -0.1) is 0 Å². The van der Waals surface area contributed by atoms with Gasteiger partial charge in [0.1, 0.15) is 6.61 Å². The molecule has 0 saturated carbocycles. The third kappa shape index (κ3) is 2.37. The highest BCUT2D eigenvalue weighted by Gasteiger charge is 2.04. The Kier molecular flexibility index (Phi) is 3.85. The highest BCUT2D eigenvalue weighted by atomic mass is 79.9. The lowest BCUT2D eigenvalue weighted by Crippen LogP contribution is -2.10. The van der Waals surface area contributed by atoms with Gasteiger partial charge in [0, 0.05) is 6.54 Å². The van der Waals surface area contributed by atoms with Gasteiger partial charge in [0.25, 0.3) is 0 Å². The molecule has 1 rings (SSSR count). The van der Waals surface area contributed by atoms with Crippen molar-refractivity contribution in [3.63, 3.8) is 0 Å². The molecule has 0 aromatic heterocycles. The summed E-state index contributed by atoms with van der Waals surface area (Å²) in [6, 6.07) is 5.50. The highest BCUT2D eigenvalue weighted by Crippen LogP contribution is 2.32. The van der Waals surface area contributed by atoms with Crippen molar-refractivity contribution in [2.75, 3.05) is 13.2 Å². The first-order valence-electron chi connectivity index (χ1n) is 3.52. The minimum atomic E-state index is 0.475. The lowest BCUT2D eigenvalue weighted by Gasteiger charge is -2.07. The van der Waals surface area contributed by atoms with Gasteiger partial charge in [-0.25, -0.2) is 0 Å². The molecule has 1 aromatic carbocycles. The second kappa shape index (κ2) is 4.70. The predicted octanol–water partition coefficient (Wildman–Crippen LogP) is 2.44. The number of ether oxygens (including phenoxy) is 1. The molecule has 0 amide bonds. The molecule has 0 unspecified atom stereocenters. The van der Waals surface area contributed by atoms with Gasteiger partial charge in [0.05, 0.1) is 9.50 Å². The van der Waals surface area contributed by atoms with Gasteiger partial charge in [-0.05, 0) is 28.1 Å². The Labute approximate surface area is 84.8 Å². The van der Waals surface area contributed by atoms with Crippen molar-refractivity contribution in [2.24, 2.45) is 5.73 Å². The van der Waals surface area contributed by atoms with Gasteiger partial charge >= 0.3 is 0 Å². The van der Waals surface area contributed by atoms with E-state index in [4.69, 9.17) is 22.1 Å². The van der Waals surface area contributed by atoms with E-state index in [1.807, 2.05) is 12.1 Å². The average Bonchev–Trinajstić information content (AvgIpc) is 2.04. The second-order valence-electron chi connectivity index (χ2n) is 2.19. The zero-order valence-electron chi connectivity index (χ0n) is 6.39. The molecule has 0 fully saturated rings. The van der Waals surface area contributed by atoms with E-state index in [-0.39, 0.29) is 0 Å². The number of para-hydroxylation sites is 1. The molecule has 2 nitrogen and oxygen atoms in total. The Morgan fingerprint density at radius 2 is 2.25 bits per heavy atom. The molecule has 66 valence electrons. The van der Waals surface area contributed by atoms with Crippen molar-refractivity contribution in [1.29, 1.82) is 0 Å². The molecular formula is C8H9BrClNO. The van der Waals surface area contributed by atoms with E-state index in [1.54, 1.807) is 6.07 Å². The van der Waals surface area contributed by atoms with Gasteiger partial charge in [-0.1, -0.05) is 17.7 Å². The first-order chi connectivity index (χ1) is 5.75. The quantitative estimate of drug-likeness (QED) is 0.894. The largest absolute Gasteiger partial charge is 0.490 e. The first kappa shape index (κ1) is 9.84. The highest BCUT2D eigenvalue weighted by molar-refractivity contribution is 9.10. The van der Waals surface area contributed by atoms with E-state index < -0.39 is 0 Å². The Morgan fingerprint density at radius 3 is 2.83 bits per heavy atom. The lowest BCUT2D eigenvalue weighted by molar-refractivity contribution is 0.326. The number of rotatable bonds is 3. The molecule has 0 radical (unpaired) electrons. The number of nitrogens with two attached hydrogens (primary N) is 1. The standard InChI is InChI=1S/C8H9BrClNO/c9-6-2-1-3-7(10)8(6)12-5-4-11/h1-3H,4-5,11H2. The molecule has 0 spiro atoms. The molecule has 0 aliphatic rings. The first-order valence-corrected chi connectivity index (χ1v) is 4.69. The average molecular weight is 251 g/mol. The topological polar surface area (TPSA) is 35.2 Å². The maximum Gasteiger partial charge on any atom is 0.152 e. The van der Waals surface area contributed by atoms with Crippen molar-refractivity contribution in [1.82, 2.24) is 0 Å². The zero-order chi connectivity index (χ0) is 8.97. The summed E-state index contributed by atoms with van der Waals surface area (Å²) >= 11 is 9.20. The summed E-state index contributed by atoms with van der Waals surface area (Å²) < 4.78 is 6.16. The summed E-state index contributed by atoms with van der Waals surface area (Å²) in [5.74, 6) is 0.657. The van der Waals surface area contributed by atoms with Crippen LogP contribution in [0.5, 0.6) is 5.75 Å². The normalized spacial score (nSPS) is 9.92. The molecular weight excluding hydrogens is 241 g/mol. The van der Waals surface area contributed by atoms with Gasteiger partial charge in [0.2, 0.25) is 0 Å². The monoisotopic (exact) mass is 249 g/mol. The summed E-state index contributed by atoms with van der Waals surface area (Å²) in [6.45, 7) is 0.958. The van der Waals surface area contributed by atoms with Crippen LogP contribution < -0.4 is 10.5 Å². The van der Waals surface area contributed by atoms with Crippen LogP contribution in [0.25, 0.3) is 0 Å². The van der Waals surface area contributed by atoms with Gasteiger partial charge in [-0.2, -0.15) is 0 Å². The molecule has 0 aliphatic heterocycles. The van der Waals surface area contributed by atoms with E-state index in [2.05, 4.69) is 15.9 Å². The van der Waals surface area contributed by atoms with Crippen LogP contribution in [0.1, 0.15) is 0 Å². The maximum atomic E-state index is 5.87. The van der Waals surface area contributed by atoms with Crippen molar-refractivity contribution < 1.29 is 4.74 Å². The van der Waals surface area contributed by atoms with Gasteiger partial charge < -0.3 is 10.5 Å². The van der Waals surface area contributed by atoms with Crippen molar-refractivity contribution >= 4 is 27.5 Å². The van der Waals surface area contributed by atoms with E-state index >= 15 is 0 Å². The molecule has 0 heterocycles. The number of hydrogen-bond donors (Lipinski definition) is 1. The van der Waals surface area contributed by atoms with Crippen LogP contribution in [0.2, 0.25) is 5.02 Å². The summed E-state index contributed by atoms with van der Waals surface area (Å²) in [5.41, 5.74) is 5.29. The van der Waals surface area contributed by atoms with E-state index in [0.717, 1.165) is 4.47 Å². The zero-order valence-corrected chi connectivity index (χ0v) is 8.73. The van der Waals surface area contributed by atoms with E-state index in [0.29, 0.717) is 23.9 Å². The Bertz CT molecular complexity index is 247. The fourth-order valence-electron chi connectivity index (χ4n) is 0.781. The minimum absolute atomic E-state index is 0.475. The van der Waals surface area contributed by atoms with Crippen LogP contribution in [0.4, 0.5) is 0 Å². The van der Waals surface area contributed by atoms with Crippen molar-refractivity contribution in [3.8, 4) is 5.75 Å². The number of hydrogen-bond acceptors (Lipinski definition) is 2. The van der Waals surface area contributed by atoms with Crippen LogP contribution >= 0.6 is 27.5 Å².